The Bertz CT molecular complexity index is 403. The summed E-state index contributed by atoms with van der Waals surface area (Å²) in [6.07, 6.45) is 1.93. The lowest BCUT2D eigenvalue weighted by molar-refractivity contribution is -0.678. The highest BCUT2D eigenvalue weighted by atomic mass is 79.9. The minimum Gasteiger partial charge on any atom is -0.447 e. The monoisotopic (exact) mass is 376 g/mol. The molecular weight excluding hydrogens is 362 g/mol. The Morgan fingerprint density at radius 2 is 2.06 bits per heavy atom. The first kappa shape index (κ1) is 14.0. The van der Waals surface area contributed by atoms with Crippen LogP contribution in [0.5, 0.6) is 0 Å². The summed E-state index contributed by atoms with van der Waals surface area (Å²) in [6, 6.07) is 10.0. The Labute approximate surface area is 124 Å². The second kappa shape index (κ2) is 6.17. The lowest BCUT2D eigenvalue weighted by Crippen LogP contribution is -2.90. The predicted octanol–water partition coefficient (Wildman–Crippen LogP) is 1.90. The van der Waals surface area contributed by atoms with E-state index in [0.29, 0.717) is 0 Å². The van der Waals surface area contributed by atoms with Crippen molar-refractivity contribution in [3.05, 3.63) is 35.9 Å². The molecule has 0 saturated carbocycles. The molecule has 1 aliphatic rings. The van der Waals surface area contributed by atoms with Crippen LogP contribution in [0.4, 0.5) is 0 Å². The van der Waals surface area contributed by atoms with Crippen molar-refractivity contribution in [1.29, 1.82) is 0 Å². The van der Waals surface area contributed by atoms with Crippen molar-refractivity contribution in [3.63, 3.8) is 0 Å². The summed E-state index contributed by atoms with van der Waals surface area (Å²) < 4.78 is 5.31. The van der Waals surface area contributed by atoms with Crippen molar-refractivity contribution in [3.8, 4) is 0 Å². The van der Waals surface area contributed by atoms with Gasteiger partial charge in [0.25, 0.3) is 0 Å². The van der Waals surface area contributed by atoms with Gasteiger partial charge in [-0.2, -0.15) is 0 Å². The number of piperidine rings is 1. The van der Waals surface area contributed by atoms with E-state index in [9.17, 15) is 4.79 Å². The van der Waals surface area contributed by atoms with Crippen LogP contribution in [-0.2, 0) is 15.1 Å². The highest BCUT2D eigenvalue weighted by Gasteiger charge is 2.41. The second-order valence-electron chi connectivity index (χ2n) is 4.47. The molecule has 0 radical (unpaired) electrons. The number of carbonyl (C=O) groups excluding carboxylic acids is 1. The minimum absolute atomic E-state index is 0.269. The number of rotatable bonds is 3. The van der Waals surface area contributed by atoms with Crippen LogP contribution in [0.3, 0.4) is 0 Å². The first-order valence-corrected chi connectivity index (χ1v) is 7.85. The smallest absolute Gasteiger partial charge is 0.331 e. The maximum atomic E-state index is 11.9. The quantitative estimate of drug-likeness (QED) is 0.645. The lowest BCUT2D eigenvalue weighted by atomic mass is 9.86. The molecule has 1 aliphatic heterocycles. The second-order valence-corrected chi connectivity index (χ2v) is 7.53. The Balaban J connectivity index is 2.26. The van der Waals surface area contributed by atoms with Gasteiger partial charge in [-0.15, -0.1) is 0 Å². The molecule has 5 heteroatoms. The predicted molar refractivity (Wildman–Crippen MR) is 76.7 cm³/mol. The highest BCUT2D eigenvalue weighted by Crippen LogP contribution is 2.32. The fraction of sp³-hybridized carbons (Fsp3) is 0.462. The first-order valence-electron chi connectivity index (χ1n) is 6.02. The van der Waals surface area contributed by atoms with Crippen LogP contribution in [-0.4, -0.2) is 22.8 Å². The molecule has 1 unspecified atom stereocenters. The summed E-state index contributed by atoms with van der Waals surface area (Å²) in [5.41, 5.74) is 0.589. The third-order valence-electron chi connectivity index (χ3n) is 3.24. The lowest BCUT2D eigenvalue weighted by Gasteiger charge is -2.35. The van der Waals surface area contributed by atoms with E-state index < -0.39 is 9.34 Å². The van der Waals surface area contributed by atoms with Crippen LogP contribution in [0.1, 0.15) is 18.4 Å². The number of nitrogens with two attached hydrogens (primary N) is 1. The van der Waals surface area contributed by atoms with Gasteiger partial charge < -0.3 is 10.1 Å². The van der Waals surface area contributed by atoms with Gasteiger partial charge in [0, 0.05) is 18.4 Å². The SMILES string of the molecule is O=C(OC1(c2ccccc2)CCC[NH2+]C1)C(Br)Br. The van der Waals surface area contributed by atoms with Gasteiger partial charge in [-0.1, -0.05) is 62.2 Å². The van der Waals surface area contributed by atoms with Crippen molar-refractivity contribution in [2.24, 2.45) is 0 Å². The molecule has 0 amide bonds. The Hall–Kier alpha value is -0.390. The Kier molecular flexibility index (Phi) is 4.81. The number of quaternary nitrogens is 1. The third-order valence-corrected chi connectivity index (χ3v) is 3.98. The van der Waals surface area contributed by atoms with Crippen molar-refractivity contribution in [1.82, 2.24) is 0 Å². The highest BCUT2D eigenvalue weighted by molar-refractivity contribution is 9.25. The summed E-state index contributed by atoms with van der Waals surface area (Å²) in [7, 11) is 0. The fourth-order valence-corrected chi connectivity index (χ4v) is 2.55. The maximum Gasteiger partial charge on any atom is 0.331 e. The number of esters is 1. The van der Waals surface area contributed by atoms with Gasteiger partial charge in [-0.25, -0.2) is 4.79 Å². The molecule has 1 aromatic carbocycles. The number of carbonyl (C=O) groups is 1. The zero-order valence-corrected chi connectivity index (χ0v) is 13.1. The molecule has 0 bridgehead atoms. The summed E-state index contributed by atoms with van der Waals surface area (Å²) in [4.78, 5) is 11.9. The van der Waals surface area contributed by atoms with Crippen LogP contribution in [0, 0.1) is 0 Å². The normalized spacial score (nSPS) is 23.9. The van der Waals surface area contributed by atoms with Gasteiger partial charge in [0.15, 0.2) is 9.34 Å². The van der Waals surface area contributed by atoms with Crippen molar-refractivity contribution in [2.75, 3.05) is 13.1 Å². The standard InChI is InChI=1S/C13H15Br2NO2/c14-11(15)12(17)18-13(7-4-8-16-9-13)10-5-2-1-3-6-10/h1-3,5-6,11,16H,4,7-9H2/p+1. The Morgan fingerprint density at radius 1 is 1.33 bits per heavy atom. The zero-order chi connectivity index (χ0) is 13.0. The number of ether oxygens (including phenoxy) is 1. The summed E-state index contributed by atoms with van der Waals surface area (Å²) in [5, 5.41) is 2.21. The zero-order valence-electron chi connectivity index (χ0n) is 9.94. The van der Waals surface area contributed by atoms with E-state index in [1.165, 1.54) is 0 Å². The summed E-state index contributed by atoms with van der Waals surface area (Å²) >= 11 is 6.39. The van der Waals surface area contributed by atoms with E-state index in [4.69, 9.17) is 4.74 Å². The Morgan fingerprint density at radius 3 is 2.61 bits per heavy atom. The number of alkyl halides is 2. The molecule has 3 nitrogen and oxygen atoms in total. The molecule has 1 heterocycles. The molecule has 2 N–H and O–H groups in total. The van der Waals surface area contributed by atoms with E-state index in [2.05, 4.69) is 37.2 Å². The molecule has 1 aromatic rings. The van der Waals surface area contributed by atoms with Crippen LogP contribution >= 0.6 is 31.9 Å². The molecule has 1 fully saturated rings. The fourth-order valence-electron chi connectivity index (χ4n) is 2.36. The first-order chi connectivity index (χ1) is 8.64. The molecule has 0 aliphatic carbocycles. The van der Waals surface area contributed by atoms with Gasteiger partial charge in [-0.3, -0.25) is 0 Å². The van der Waals surface area contributed by atoms with Crippen molar-refractivity contribution in [2.45, 2.75) is 22.2 Å². The number of halogens is 2. The van der Waals surface area contributed by atoms with E-state index in [1.54, 1.807) is 0 Å². The van der Waals surface area contributed by atoms with E-state index >= 15 is 0 Å². The topological polar surface area (TPSA) is 42.9 Å². The largest absolute Gasteiger partial charge is 0.447 e. The van der Waals surface area contributed by atoms with Gasteiger partial charge >= 0.3 is 5.97 Å². The molecule has 2 rings (SSSR count). The van der Waals surface area contributed by atoms with Crippen LogP contribution in [0.15, 0.2) is 30.3 Å². The van der Waals surface area contributed by atoms with Crippen molar-refractivity contribution < 1.29 is 14.8 Å². The molecular formula is C13H16Br2NO2+. The number of hydrogen-bond acceptors (Lipinski definition) is 2. The van der Waals surface area contributed by atoms with Gasteiger partial charge in [-0.05, 0) is 0 Å². The molecule has 18 heavy (non-hydrogen) atoms. The van der Waals surface area contributed by atoms with E-state index in [1.807, 2.05) is 30.3 Å². The minimum atomic E-state index is -0.490. The molecule has 1 saturated heterocycles. The van der Waals surface area contributed by atoms with E-state index in [-0.39, 0.29) is 5.97 Å². The number of benzene rings is 1. The summed E-state index contributed by atoms with van der Waals surface area (Å²) in [6.45, 7) is 1.88. The molecule has 0 aromatic heterocycles. The van der Waals surface area contributed by atoms with E-state index in [0.717, 1.165) is 31.5 Å². The molecule has 1 atom stereocenters. The molecule has 98 valence electrons. The molecule has 0 spiro atoms. The van der Waals surface area contributed by atoms with Gasteiger partial charge in [0.1, 0.15) is 6.54 Å². The van der Waals surface area contributed by atoms with Crippen LogP contribution in [0.25, 0.3) is 0 Å². The van der Waals surface area contributed by atoms with Crippen LogP contribution in [0.2, 0.25) is 0 Å². The van der Waals surface area contributed by atoms with Crippen molar-refractivity contribution >= 4 is 37.8 Å². The maximum absolute atomic E-state index is 11.9. The van der Waals surface area contributed by atoms with Gasteiger partial charge in [0.2, 0.25) is 0 Å². The van der Waals surface area contributed by atoms with Crippen LogP contribution < -0.4 is 5.32 Å². The van der Waals surface area contributed by atoms with Gasteiger partial charge in [0.05, 0.1) is 6.54 Å². The average molecular weight is 378 g/mol. The average Bonchev–Trinajstić information content (AvgIpc) is 2.40. The number of hydrogen-bond donors (Lipinski definition) is 1. The summed E-state index contributed by atoms with van der Waals surface area (Å²) in [5.74, 6) is -0.269. The third kappa shape index (κ3) is 3.13.